The topological polar surface area (TPSA) is 65.5 Å². The first-order chi connectivity index (χ1) is 14.0. The Labute approximate surface area is 172 Å². The van der Waals surface area contributed by atoms with Gasteiger partial charge in [0, 0.05) is 49.8 Å². The van der Waals surface area contributed by atoms with E-state index in [1.54, 1.807) is 18.5 Å². The normalized spacial score (nSPS) is 15.3. The maximum absolute atomic E-state index is 13.2. The summed E-state index contributed by atoms with van der Waals surface area (Å²) in [5, 5.41) is 2.99. The first-order valence-corrected chi connectivity index (χ1v) is 10.3. The number of carbonyl (C=O) groups excluding carboxylic acids is 2. The molecule has 2 heterocycles. The number of carbonyl (C=O) groups is 2. The molecule has 0 radical (unpaired) electrons. The van der Waals surface area contributed by atoms with Crippen LogP contribution in [0.15, 0.2) is 48.8 Å². The molecule has 3 rings (SSSR count). The van der Waals surface area contributed by atoms with Gasteiger partial charge < -0.3 is 15.1 Å². The van der Waals surface area contributed by atoms with E-state index in [2.05, 4.69) is 29.0 Å². The summed E-state index contributed by atoms with van der Waals surface area (Å²) in [5.74, 6) is 0.131. The van der Waals surface area contributed by atoms with Crippen molar-refractivity contribution in [3.05, 3.63) is 59.9 Å². The maximum atomic E-state index is 13.2. The zero-order valence-electron chi connectivity index (χ0n) is 17.5. The summed E-state index contributed by atoms with van der Waals surface area (Å²) in [7, 11) is 0. The van der Waals surface area contributed by atoms with Gasteiger partial charge in [0.25, 0.3) is 5.91 Å². The Morgan fingerprint density at radius 1 is 1.03 bits per heavy atom. The Morgan fingerprint density at radius 2 is 1.69 bits per heavy atom. The van der Waals surface area contributed by atoms with Crippen molar-refractivity contribution in [1.82, 2.24) is 15.2 Å². The molecule has 1 aliphatic rings. The van der Waals surface area contributed by atoms with E-state index < -0.39 is 6.04 Å². The third-order valence-corrected chi connectivity index (χ3v) is 5.32. The van der Waals surface area contributed by atoms with Crippen molar-refractivity contribution in [2.24, 2.45) is 5.92 Å². The van der Waals surface area contributed by atoms with Crippen molar-refractivity contribution in [3.8, 4) is 0 Å². The Balaban J connectivity index is 1.65. The van der Waals surface area contributed by atoms with Crippen LogP contribution in [0.25, 0.3) is 0 Å². The Bertz CT molecular complexity index is 830. The number of benzene rings is 1. The second-order valence-corrected chi connectivity index (χ2v) is 7.99. The first kappa shape index (κ1) is 20.8. The summed E-state index contributed by atoms with van der Waals surface area (Å²) in [6, 6.07) is 10.9. The van der Waals surface area contributed by atoms with Crippen LogP contribution < -0.4 is 10.2 Å². The molecule has 2 aromatic rings. The monoisotopic (exact) mass is 394 g/mol. The number of nitrogens with zero attached hydrogens (tertiary/aromatic N) is 3. The molecule has 2 amide bonds. The molecule has 6 nitrogen and oxygen atoms in total. The number of nitrogens with one attached hydrogen (secondary N) is 1. The number of anilines is 1. The fraction of sp³-hybridized carbons (Fsp3) is 0.435. The van der Waals surface area contributed by atoms with Crippen LogP contribution in [0.2, 0.25) is 0 Å². The van der Waals surface area contributed by atoms with Gasteiger partial charge in [0.2, 0.25) is 5.91 Å². The second kappa shape index (κ2) is 9.54. The molecule has 6 heteroatoms. The molecule has 1 N–H and O–H groups in total. The van der Waals surface area contributed by atoms with E-state index >= 15 is 0 Å². The van der Waals surface area contributed by atoms with E-state index in [4.69, 9.17) is 0 Å². The van der Waals surface area contributed by atoms with Crippen LogP contribution in [0.1, 0.15) is 36.2 Å². The first-order valence-electron chi connectivity index (χ1n) is 10.3. The van der Waals surface area contributed by atoms with Gasteiger partial charge in [0.15, 0.2) is 0 Å². The number of aromatic nitrogens is 1. The van der Waals surface area contributed by atoms with E-state index in [1.807, 2.05) is 42.2 Å². The number of piperazine rings is 1. The Kier molecular flexibility index (Phi) is 6.86. The SMILES string of the molecule is Cc1ccccc1C(=O)N[C@@H](CC(C)C)C(=O)N1CCN(c2ccncc2)CC1. The van der Waals surface area contributed by atoms with Crippen LogP contribution in [0.4, 0.5) is 5.69 Å². The zero-order valence-corrected chi connectivity index (χ0v) is 17.5. The van der Waals surface area contributed by atoms with Gasteiger partial charge in [0.05, 0.1) is 0 Å². The van der Waals surface area contributed by atoms with E-state index in [1.165, 1.54) is 0 Å². The van der Waals surface area contributed by atoms with Gasteiger partial charge in [0.1, 0.15) is 6.04 Å². The van der Waals surface area contributed by atoms with E-state index in [-0.39, 0.29) is 11.8 Å². The van der Waals surface area contributed by atoms with Gasteiger partial charge >= 0.3 is 0 Å². The van der Waals surface area contributed by atoms with E-state index in [0.717, 1.165) is 24.3 Å². The molecular formula is C23H30N4O2. The van der Waals surface area contributed by atoms with Crippen molar-refractivity contribution >= 4 is 17.5 Å². The predicted octanol–water partition coefficient (Wildman–Crippen LogP) is 2.88. The van der Waals surface area contributed by atoms with Crippen molar-refractivity contribution in [1.29, 1.82) is 0 Å². The summed E-state index contributed by atoms with van der Waals surface area (Å²) in [6.45, 7) is 8.90. The standard InChI is InChI=1S/C23H30N4O2/c1-17(2)16-21(25-22(28)20-7-5-4-6-18(20)3)23(29)27-14-12-26(13-15-27)19-8-10-24-11-9-19/h4-11,17,21H,12-16H2,1-3H3,(H,25,28)/t21-/m0/s1. The molecule has 1 atom stereocenters. The smallest absolute Gasteiger partial charge is 0.252 e. The summed E-state index contributed by atoms with van der Waals surface area (Å²) in [5.41, 5.74) is 2.65. The Morgan fingerprint density at radius 3 is 2.31 bits per heavy atom. The summed E-state index contributed by atoms with van der Waals surface area (Å²) >= 11 is 0. The van der Waals surface area contributed by atoms with Crippen molar-refractivity contribution < 1.29 is 9.59 Å². The molecule has 29 heavy (non-hydrogen) atoms. The third-order valence-electron chi connectivity index (χ3n) is 5.32. The highest BCUT2D eigenvalue weighted by atomic mass is 16.2. The maximum Gasteiger partial charge on any atom is 0.252 e. The summed E-state index contributed by atoms with van der Waals surface area (Å²) < 4.78 is 0. The Hall–Kier alpha value is -2.89. The fourth-order valence-electron chi connectivity index (χ4n) is 3.72. The molecule has 0 saturated carbocycles. The number of hydrogen-bond acceptors (Lipinski definition) is 4. The van der Waals surface area contributed by atoms with Crippen molar-refractivity contribution in [2.45, 2.75) is 33.2 Å². The van der Waals surface area contributed by atoms with Crippen molar-refractivity contribution in [2.75, 3.05) is 31.1 Å². The predicted molar refractivity (Wildman–Crippen MR) is 115 cm³/mol. The lowest BCUT2D eigenvalue weighted by Gasteiger charge is -2.38. The number of hydrogen-bond donors (Lipinski definition) is 1. The van der Waals surface area contributed by atoms with Crippen LogP contribution in [0.3, 0.4) is 0 Å². The molecule has 1 aliphatic heterocycles. The summed E-state index contributed by atoms with van der Waals surface area (Å²) in [4.78, 5) is 34.2. The van der Waals surface area contributed by atoms with E-state index in [0.29, 0.717) is 31.0 Å². The van der Waals surface area contributed by atoms with Gasteiger partial charge in [-0.3, -0.25) is 14.6 Å². The number of rotatable bonds is 6. The van der Waals surface area contributed by atoms with Crippen LogP contribution in [-0.4, -0.2) is 53.9 Å². The molecule has 1 aromatic carbocycles. The number of amides is 2. The van der Waals surface area contributed by atoms with Gasteiger partial charge in [-0.25, -0.2) is 0 Å². The second-order valence-electron chi connectivity index (χ2n) is 7.99. The molecule has 0 spiro atoms. The van der Waals surface area contributed by atoms with Crippen LogP contribution >= 0.6 is 0 Å². The molecule has 1 fully saturated rings. The van der Waals surface area contributed by atoms with Crippen LogP contribution in [0, 0.1) is 12.8 Å². The zero-order chi connectivity index (χ0) is 20.8. The molecular weight excluding hydrogens is 364 g/mol. The average molecular weight is 395 g/mol. The van der Waals surface area contributed by atoms with Crippen molar-refractivity contribution in [3.63, 3.8) is 0 Å². The number of aryl methyl sites for hydroxylation is 1. The third kappa shape index (κ3) is 5.34. The number of pyridine rings is 1. The molecule has 1 saturated heterocycles. The average Bonchev–Trinajstić information content (AvgIpc) is 2.73. The summed E-state index contributed by atoms with van der Waals surface area (Å²) in [6.07, 6.45) is 4.19. The van der Waals surface area contributed by atoms with E-state index in [9.17, 15) is 9.59 Å². The quantitative estimate of drug-likeness (QED) is 0.818. The highest BCUT2D eigenvalue weighted by molar-refractivity contribution is 5.98. The molecule has 0 bridgehead atoms. The lowest BCUT2D eigenvalue weighted by Crippen LogP contribution is -2.55. The minimum absolute atomic E-state index is 0.00927. The highest BCUT2D eigenvalue weighted by Gasteiger charge is 2.29. The molecule has 0 aliphatic carbocycles. The minimum atomic E-state index is -0.505. The van der Waals surface area contributed by atoms with Crippen LogP contribution in [0.5, 0.6) is 0 Å². The lowest BCUT2D eigenvalue weighted by atomic mass is 10.0. The van der Waals surface area contributed by atoms with Gasteiger partial charge in [-0.1, -0.05) is 32.0 Å². The van der Waals surface area contributed by atoms with Crippen LogP contribution in [-0.2, 0) is 4.79 Å². The highest BCUT2D eigenvalue weighted by Crippen LogP contribution is 2.17. The van der Waals surface area contributed by atoms with Gasteiger partial charge in [-0.05, 0) is 43.0 Å². The molecule has 0 unspecified atom stereocenters. The molecule has 154 valence electrons. The molecule has 1 aromatic heterocycles. The fourth-order valence-corrected chi connectivity index (χ4v) is 3.72. The minimum Gasteiger partial charge on any atom is -0.368 e. The van der Waals surface area contributed by atoms with Gasteiger partial charge in [-0.2, -0.15) is 0 Å². The lowest BCUT2D eigenvalue weighted by molar-refractivity contribution is -0.134. The largest absolute Gasteiger partial charge is 0.368 e. The van der Waals surface area contributed by atoms with Gasteiger partial charge in [-0.15, -0.1) is 0 Å².